The number of aliphatic hydroxyl groups is 1. The number of rotatable bonds is 5. The highest BCUT2D eigenvalue weighted by Gasteiger charge is 2.12. The number of pyridine rings is 1. The highest BCUT2D eigenvalue weighted by atomic mass is 16.3. The quantitative estimate of drug-likeness (QED) is 0.789. The zero-order valence-electron chi connectivity index (χ0n) is 12.2. The van der Waals surface area contributed by atoms with Gasteiger partial charge in [0.05, 0.1) is 17.9 Å². The minimum absolute atomic E-state index is 0.0132. The molecule has 0 bridgehead atoms. The number of hydrogen-bond donors (Lipinski definition) is 3. The number of carbonyl (C=O) groups excluding carboxylic acids is 1. The number of hydrogen-bond acceptors (Lipinski definition) is 4. The fraction of sp³-hybridized carbons (Fsp3) is 0.250. The third-order valence-electron chi connectivity index (χ3n) is 3.05. The first-order valence-electron chi connectivity index (χ1n) is 6.85. The van der Waals surface area contributed by atoms with Gasteiger partial charge in [0.15, 0.2) is 0 Å². The van der Waals surface area contributed by atoms with Gasteiger partial charge in [0.1, 0.15) is 0 Å². The number of anilines is 2. The van der Waals surface area contributed by atoms with Gasteiger partial charge in [0.2, 0.25) is 0 Å². The standard InChI is InChI=1S/C16H19N3O2/c1-3-17-15-8-11(2)18-9-14(15)16(21)19-13-6-4-12(10-20)5-7-13/h4-9,20H,3,10H2,1-2H3,(H,17,18)(H,19,21). The molecule has 0 saturated heterocycles. The number of benzene rings is 1. The van der Waals surface area contributed by atoms with Crippen molar-refractivity contribution < 1.29 is 9.90 Å². The molecule has 21 heavy (non-hydrogen) atoms. The molecule has 1 aromatic carbocycles. The number of aryl methyl sites for hydroxylation is 1. The molecule has 0 aliphatic carbocycles. The zero-order chi connectivity index (χ0) is 15.2. The fourth-order valence-electron chi connectivity index (χ4n) is 1.97. The topological polar surface area (TPSA) is 74.2 Å². The van der Waals surface area contributed by atoms with E-state index in [1.54, 1.807) is 30.5 Å². The summed E-state index contributed by atoms with van der Waals surface area (Å²) in [6.07, 6.45) is 1.57. The van der Waals surface area contributed by atoms with E-state index in [4.69, 9.17) is 5.11 Å². The van der Waals surface area contributed by atoms with E-state index in [0.717, 1.165) is 23.5 Å². The maximum Gasteiger partial charge on any atom is 0.259 e. The summed E-state index contributed by atoms with van der Waals surface area (Å²) < 4.78 is 0. The number of aliphatic hydroxyl groups excluding tert-OH is 1. The Morgan fingerprint density at radius 2 is 2.00 bits per heavy atom. The molecule has 1 amide bonds. The van der Waals surface area contributed by atoms with Crippen LogP contribution in [0.4, 0.5) is 11.4 Å². The van der Waals surface area contributed by atoms with Crippen molar-refractivity contribution >= 4 is 17.3 Å². The Morgan fingerprint density at radius 3 is 2.62 bits per heavy atom. The average Bonchev–Trinajstić information content (AvgIpc) is 2.48. The smallest absolute Gasteiger partial charge is 0.259 e. The highest BCUT2D eigenvalue weighted by Crippen LogP contribution is 2.18. The van der Waals surface area contributed by atoms with E-state index in [1.807, 2.05) is 19.9 Å². The minimum Gasteiger partial charge on any atom is -0.392 e. The van der Waals surface area contributed by atoms with E-state index >= 15 is 0 Å². The van der Waals surface area contributed by atoms with Gasteiger partial charge in [-0.1, -0.05) is 12.1 Å². The molecule has 2 aromatic rings. The summed E-state index contributed by atoms with van der Waals surface area (Å²) in [5.41, 5.74) is 3.62. The predicted octanol–water partition coefficient (Wildman–Crippen LogP) is 2.57. The second kappa shape index (κ2) is 6.85. The Kier molecular flexibility index (Phi) is 4.90. The molecule has 0 spiro atoms. The predicted molar refractivity (Wildman–Crippen MR) is 83.5 cm³/mol. The van der Waals surface area contributed by atoms with Gasteiger partial charge < -0.3 is 15.7 Å². The van der Waals surface area contributed by atoms with Crippen molar-refractivity contribution in [1.29, 1.82) is 0 Å². The fourth-order valence-corrected chi connectivity index (χ4v) is 1.97. The van der Waals surface area contributed by atoms with Gasteiger partial charge in [-0.2, -0.15) is 0 Å². The molecular formula is C16H19N3O2. The molecule has 0 aliphatic heterocycles. The van der Waals surface area contributed by atoms with Crippen molar-refractivity contribution in [3.8, 4) is 0 Å². The molecular weight excluding hydrogens is 266 g/mol. The van der Waals surface area contributed by atoms with Crippen LogP contribution in [0.3, 0.4) is 0 Å². The lowest BCUT2D eigenvalue weighted by Gasteiger charge is -2.11. The van der Waals surface area contributed by atoms with E-state index in [0.29, 0.717) is 11.3 Å². The highest BCUT2D eigenvalue weighted by molar-refractivity contribution is 6.07. The largest absolute Gasteiger partial charge is 0.392 e. The Hall–Kier alpha value is -2.40. The lowest BCUT2D eigenvalue weighted by atomic mass is 10.1. The molecule has 5 nitrogen and oxygen atoms in total. The average molecular weight is 285 g/mol. The summed E-state index contributed by atoms with van der Waals surface area (Å²) in [6, 6.07) is 8.92. The molecule has 0 unspecified atom stereocenters. The molecule has 0 fully saturated rings. The van der Waals surface area contributed by atoms with E-state index in [2.05, 4.69) is 15.6 Å². The van der Waals surface area contributed by atoms with Gasteiger partial charge in [0.25, 0.3) is 5.91 Å². The first kappa shape index (κ1) is 15.0. The Morgan fingerprint density at radius 1 is 1.29 bits per heavy atom. The monoisotopic (exact) mass is 285 g/mol. The summed E-state index contributed by atoms with van der Waals surface area (Å²) in [5.74, 6) is -0.213. The molecule has 1 heterocycles. The lowest BCUT2D eigenvalue weighted by Crippen LogP contribution is -2.15. The number of nitrogens with zero attached hydrogens (tertiary/aromatic N) is 1. The van der Waals surface area contributed by atoms with Crippen LogP contribution in [0.25, 0.3) is 0 Å². The van der Waals surface area contributed by atoms with Crippen molar-refractivity contribution in [3.63, 3.8) is 0 Å². The first-order chi connectivity index (χ1) is 10.1. The molecule has 110 valence electrons. The number of carbonyl (C=O) groups is 1. The molecule has 3 N–H and O–H groups in total. The van der Waals surface area contributed by atoms with E-state index in [-0.39, 0.29) is 12.5 Å². The van der Waals surface area contributed by atoms with Crippen molar-refractivity contribution in [1.82, 2.24) is 4.98 Å². The molecule has 0 saturated carbocycles. The van der Waals surface area contributed by atoms with Crippen LogP contribution in [-0.4, -0.2) is 22.5 Å². The van der Waals surface area contributed by atoms with E-state index < -0.39 is 0 Å². The van der Waals surface area contributed by atoms with Crippen molar-refractivity contribution in [2.24, 2.45) is 0 Å². The van der Waals surface area contributed by atoms with Crippen LogP contribution in [0.2, 0.25) is 0 Å². The van der Waals surface area contributed by atoms with Crippen LogP contribution >= 0.6 is 0 Å². The van der Waals surface area contributed by atoms with Crippen molar-refractivity contribution in [3.05, 3.63) is 53.3 Å². The third-order valence-corrected chi connectivity index (χ3v) is 3.05. The Balaban J connectivity index is 2.19. The van der Waals surface area contributed by atoms with Gasteiger partial charge in [-0.25, -0.2) is 0 Å². The molecule has 0 atom stereocenters. The second-order valence-corrected chi connectivity index (χ2v) is 4.71. The van der Waals surface area contributed by atoms with Crippen molar-refractivity contribution in [2.45, 2.75) is 20.5 Å². The molecule has 1 aromatic heterocycles. The van der Waals surface area contributed by atoms with Gasteiger partial charge in [0, 0.05) is 24.1 Å². The maximum atomic E-state index is 12.3. The summed E-state index contributed by atoms with van der Waals surface area (Å²) >= 11 is 0. The number of nitrogens with one attached hydrogen (secondary N) is 2. The molecule has 5 heteroatoms. The minimum atomic E-state index is -0.213. The van der Waals surface area contributed by atoms with Gasteiger partial charge >= 0.3 is 0 Å². The summed E-state index contributed by atoms with van der Waals surface area (Å²) in [6.45, 7) is 4.58. The summed E-state index contributed by atoms with van der Waals surface area (Å²) in [5, 5.41) is 15.0. The van der Waals surface area contributed by atoms with Crippen LogP contribution in [0.15, 0.2) is 36.5 Å². The van der Waals surface area contributed by atoms with E-state index in [9.17, 15) is 4.79 Å². The third kappa shape index (κ3) is 3.79. The lowest BCUT2D eigenvalue weighted by molar-refractivity contribution is 0.102. The maximum absolute atomic E-state index is 12.3. The molecule has 0 radical (unpaired) electrons. The SMILES string of the molecule is CCNc1cc(C)ncc1C(=O)Nc1ccc(CO)cc1. The number of amides is 1. The Bertz CT molecular complexity index is 624. The van der Waals surface area contributed by atoms with E-state index in [1.165, 1.54) is 0 Å². The van der Waals surface area contributed by atoms with Gasteiger partial charge in [-0.3, -0.25) is 9.78 Å². The Labute approximate surface area is 124 Å². The van der Waals surface area contributed by atoms with Crippen LogP contribution in [0.1, 0.15) is 28.5 Å². The number of aromatic nitrogens is 1. The first-order valence-corrected chi connectivity index (χ1v) is 6.85. The normalized spacial score (nSPS) is 10.2. The second-order valence-electron chi connectivity index (χ2n) is 4.71. The summed E-state index contributed by atoms with van der Waals surface area (Å²) in [4.78, 5) is 16.5. The van der Waals surface area contributed by atoms with Crippen LogP contribution in [0.5, 0.6) is 0 Å². The van der Waals surface area contributed by atoms with Crippen LogP contribution in [0, 0.1) is 6.92 Å². The summed E-state index contributed by atoms with van der Waals surface area (Å²) in [7, 11) is 0. The van der Waals surface area contributed by atoms with Crippen LogP contribution in [-0.2, 0) is 6.61 Å². The molecule has 2 rings (SSSR count). The van der Waals surface area contributed by atoms with Crippen molar-refractivity contribution in [2.75, 3.05) is 17.2 Å². The van der Waals surface area contributed by atoms with Crippen LogP contribution < -0.4 is 10.6 Å². The zero-order valence-corrected chi connectivity index (χ0v) is 12.2. The van der Waals surface area contributed by atoms with Gasteiger partial charge in [-0.15, -0.1) is 0 Å². The van der Waals surface area contributed by atoms with Gasteiger partial charge in [-0.05, 0) is 37.6 Å². The molecule has 0 aliphatic rings.